The Morgan fingerprint density at radius 2 is 2.19 bits per heavy atom. The van der Waals surface area contributed by atoms with E-state index in [0.29, 0.717) is 0 Å². The van der Waals surface area contributed by atoms with Crippen LogP contribution in [0.15, 0.2) is 22.8 Å². The SMILES string of the molecule is Cn1nc(Br)c2cccc(C3(N)CCC3)c21. The van der Waals surface area contributed by atoms with E-state index >= 15 is 0 Å². The monoisotopic (exact) mass is 279 g/mol. The molecule has 1 heterocycles. The highest BCUT2D eigenvalue weighted by atomic mass is 79.9. The van der Waals surface area contributed by atoms with Gasteiger partial charge in [-0.3, -0.25) is 4.68 Å². The predicted octanol–water partition coefficient (Wildman–Crippen LogP) is 2.67. The van der Waals surface area contributed by atoms with Gasteiger partial charge in [0.15, 0.2) is 0 Å². The first-order chi connectivity index (χ1) is 7.62. The number of hydrogen-bond donors (Lipinski definition) is 1. The van der Waals surface area contributed by atoms with Gasteiger partial charge in [-0.1, -0.05) is 18.2 Å². The van der Waals surface area contributed by atoms with Crippen molar-refractivity contribution in [3.63, 3.8) is 0 Å². The second-order valence-corrected chi connectivity index (χ2v) is 5.38. The van der Waals surface area contributed by atoms with Gasteiger partial charge in [0.05, 0.1) is 5.52 Å². The molecular weight excluding hydrogens is 266 g/mol. The highest BCUT2D eigenvalue weighted by molar-refractivity contribution is 9.10. The third-order valence-corrected chi connectivity index (χ3v) is 4.19. The summed E-state index contributed by atoms with van der Waals surface area (Å²) in [6.45, 7) is 0. The van der Waals surface area contributed by atoms with Crippen LogP contribution >= 0.6 is 15.9 Å². The van der Waals surface area contributed by atoms with Crippen molar-refractivity contribution in [3.05, 3.63) is 28.4 Å². The van der Waals surface area contributed by atoms with Crippen LogP contribution in [0.4, 0.5) is 0 Å². The second kappa shape index (κ2) is 3.31. The molecule has 1 aromatic carbocycles. The summed E-state index contributed by atoms with van der Waals surface area (Å²) >= 11 is 3.49. The molecule has 16 heavy (non-hydrogen) atoms. The van der Waals surface area contributed by atoms with Crippen molar-refractivity contribution in [2.45, 2.75) is 24.8 Å². The summed E-state index contributed by atoms with van der Waals surface area (Å²) in [7, 11) is 1.97. The summed E-state index contributed by atoms with van der Waals surface area (Å²) in [6, 6.07) is 6.28. The molecule has 3 rings (SSSR count). The van der Waals surface area contributed by atoms with Crippen molar-refractivity contribution in [1.29, 1.82) is 0 Å². The molecule has 0 saturated heterocycles. The number of hydrogen-bond acceptors (Lipinski definition) is 2. The van der Waals surface area contributed by atoms with Gasteiger partial charge in [-0.05, 0) is 40.8 Å². The van der Waals surface area contributed by atoms with Gasteiger partial charge in [0.25, 0.3) is 0 Å². The summed E-state index contributed by atoms with van der Waals surface area (Å²) in [5.74, 6) is 0. The summed E-state index contributed by atoms with van der Waals surface area (Å²) in [5.41, 5.74) is 8.68. The Morgan fingerprint density at radius 1 is 1.44 bits per heavy atom. The number of nitrogens with zero attached hydrogens (tertiary/aromatic N) is 2. The molecule has 0 atom stereocenters. The number of rotatable bonds is 1. The number of aryl methyl sites for hydroxylation is 1. The van der Waals surface area contributed by atoms with Gasteiger partial charge in [0, 0.05) is 18.0 Å². The van der Waals surface area contributed by atoms with Crippen molar-refractivity contribution in [3.8, 4) is 0 Å². The van der Waals surface area contributed by atoms with E-state index in [1.165, 1.54) is 12.0 Å². The van der Waals surface area contributed by atoms with Crippen LogP contribution in [0.3, 0.4) is 0 Å². The minimum absolute atomic E-state index is 0.132. The largest absolute Gasteiger partial charge is 0.321 e. The maximum atomic E-state index is 6.41. The lowest BCUT2D eigenvalue weighted by atomic mass is 9.72. The van der Waals surface area contributed by atoms with E-state index in [1.54, 1.807) is 0 Å². The fourth-order valence-corrected chi connectivity index (χ4v) is 3.08. The van der Waals surface area contributed by atoms with E-state index in [-0.39, 0.29) is 5.54 Å². The molecule has 2 aromatic rings. The first-order valence-electron chi connectivity index (χ1n) is 5.52. The normalized spacial score (nSPS) is 18.7. The molecule has 84 valence electrons. The predicted molar refractivity (Wildman–Crippen MR) is 68.1 cm³/mol. The van der Waals surface area contributed by atoms with Crippen LogP contribution < -0.4 is 5.73 Å². The number of fused-ring (bicyclic) bond motifs is 1. The molecule has 0 aliphatic heterocycles. The van der Waals surface area contributed by atoms with Crippen LogP contribution in [-0.2, 0) is 12.6 Å². The molecule has 0 amide bonds. The van der Waals surface area contributed by atoms with Crippen molar-refractivity contribution in [2.75, 3.05) is 0 Å². The van der Waals surface area contributed by atoms with Crippen molar-refractivity contribution in [2.24, 2.45) is 12.8 Å². The molecule has 1 aliphatic carbocycles. The molecule has 1 fully saturated rings. The van der Waals surface area contributed by atoms with Gasteiger partial charge >= 0.3 is 0 Å². The van der Waals surface area contributed by atoms with E-state index in [1.807, 2.05) is 11.7 Å². The van der Waals surface area contributed by atoms with Crippen molar-refractivity contribution in [1.82, 2.24) is 9.78 Å². The number of nitrogens with two attached hydrogens (primary N) is 1. The average Bonchev–Trinajstić information content (AvgIpc) is 2.52. The Morgan fingerprint density at radius 3 is 2.81 bits per heavy atom. The Balaban J connectivity index is 2.32. The fourth-order valence-electron chi connectivity index (χ4n) is 2.52. The molecule has 1 aromatic heterocycles. The maximum absolute atomic E-state index is 6.41. The second-order valence-electron chi connectivity index (χ2n) is 4.63. The molecule has 0 bridgehead atoms. The summed E-state index contributed by atoms with van der Waals surface area (Å²) in [5, 5.41) is 5.55. The van der Waals surface area contributed by atoms with E-state index in [2.05, 4.69) is 39.2 Å². The van der Waals surface area contributed by atoms with E-state index in [9.17, 15) is 0 Å². The van der Waals surface area contributed by atoms with Crippen LogP contribution in [-0.4, -0.2) is 9.78 Å². The zero-order chi connectivity index (χ0) is 11.3. The zero-order valence-electron chi connectivity index (χ0n) is 9.20. The molecule has 0 unspecified atom stereocenters. The Hall–Kier alpha value is -0.870. The third kappa shape index (κ3) is 1.26. The molecule has 4 heteroatoms. The standard InChI is InChI=1S/C12H14BrN3/c1-16-10-8(11(13)15-16)4-2-5-9(10)12(14)6-3-7-12/h2,4-5H,3,6-7,14H2,1H3. The van der Waals surface area contributed by atoms with Crippen LogP contribution in [0, 0.1) is 0 Å². The summed E-state index contributed by atoms with van der Waals surface area (Å²) < 4.78 is 2.82. The minimum Gasteiger partial charge on any atom is -0.321 e. The molecule has 3 nitrogen and oxygen atoms in total. The Labute approximate surface area is 103 Å². The minimum atomic E-state index is -0.132. The molecule has 1 saturated carbocycles. The zero-order valence-corrected chi connectivity index (χ0v) is 10.8. The lowest BCUT2D eigenvalue weighted by Crippen LogP contribution is -2.43. The molecular formula is C12H14BrN3. The molecule has 2 N–H and O–H groups in total. The smallest absolute Gasteiger partial charge is 0.135 e. The Bertz CT molecular complexity index is 555. The van der Waals surface area contributed by atoms with E-state index < -0.39 is 0 Å². The van der Waals surface area contributed by atoms with E-state index in [4.69, 9.17) is 5.73 Å². The van der Waals surface area contributed by atoms with Crippen molar-refractivity contribution >= 4 is 26.8 Å². The van der Waals surface area contributed by atoms with Gasteiger partial charge in [0.2, 0.25) is 0 Å². The average molecular weight is 280 g/mol. The molecule has 0 radical (unpaired) electrons. The number of aromatic nitrogens is 2. The molecule has 0 spiro atoms. The van der Waals surface area contributed by atoms with Crippen LogP contribution in [0.2, 0.25) is 0 Å². The summed E-state index contributed by atoms with van der Waals surface area (Å²) in [4.78, 5) is 0. The molecule has 1 aliphatic rings. The number of benzene rings is 1. The first kappa shape index (κ1) is 10.3. The Kier molecular flexibility index (Phi) is 2.13. The quantitative estimate of drug-likeness (QED) is 0.872. The highest BCUT2D eigenvalue weighted by Gasteiger charge is 2.36. The highest BCUT2D eigenvalue weighted by Crippen LogP contribution is 2.42. The van der Waals surface area contributed by atoms with Gasteiger partial charge < -0.3 is 5.73 Å². The maximum Gasteiger partial charge on any atom is 0.135 e. The van der Waals surface area contributed by atoms with Crippen LogP contribution in [0.1, 0.15) is 24.8 Å². The first-order valence-corrected chi connectivity index (χ1v) is 6.32. The lowest BCUT2D eigenvalue weighted by Gasteiger charge is -2.39. The van der Waals surface area contributed by atoms with Crippen molar-refractivity contribution < 1.29 is 0 Å². The summed E-state index contributed by atoms with van der Waals surface area (Å²) in [6.07, 6.45) is 3.38. The van der Waals surface area contributed by atoms with Crippen LogP contribution in [0.5, 0.6) is 0 Å². The lowest BCUT2D eigenvalue weighted by molar-refractivity contribution is 0.255. The van der Waals surface area contributed by atoms with Crippen LogP contribution in [0.25, 0.3) is 10.9 Å². The van der Waals surface area contributed by atoms with Gasteiger partial charge in [-0.15, -0.1) is 0 Å². The van der Waals surface area contributed by atoms with E-state index in [0.717, 1.165) is 28.3 Å². The van der Waals surface area contributed by atoms with Gasteiger partial charge in [-0.25, -0.2) is 0 Å². The number of para-hydroxylation sites is 1. The number of halogens is 1. The fraction of sp³-hybridized carbons (Fsp3) is 0.417. The van der Waals surface area contributed by atoms with Gasteiger partial charge in [0.1, 0.15) is 4.60 Å². The van der Waals surface area contributed by atoms with Gasteiger partial charge in [-0.2, -0.15) is 5.10 Å². The third-order valence-electron chi connectivity index (χ3n) is 3.60. The topological polar surface area (TPSA) is 43.8 Å².